The van der Waals surface area contributed by atoms with Crippen molar-refractivity contribution in [2.24, 2.45) is 11.3 Å². The number of rotatable bonds is 10. The number of nitrogens with one attached hydrogen (secondary N) is 3. The number of Topliss-reactive ketones (excluding diaryl/α,β-unsaturated/α-hetero) is 1. The minimum atomic E-state index is -2.75. The highest BCUT2D eigenvalue weighted by Crippen LogP contribution is 2.31. The van der Waals surface area contributed by atoms with E-state index in [0.717, 1.165) is 5.92 Å². The lowest BCUT2D eigenvalue weighted by atomic mass is 9.86. The zero-order valence-electron chi connectivity index (χ0n) is 25.4. The van der Waals surface area contributed by atoms with Gasteiger partial charge in [0.15, 0.2) is 23.9 Å². The predicted octanol–water partition coefficient (Wildman–Crippen LogP) is 8.37. The minimum absolute atomic E-state index is 0.0100. The summed E-state index contributed by atoms with van der Waals surface area (Å²) in [7, 11) is 0. The molecule has 4 rings (SSSR count). The maximum absolute atomic E-state index is 15.1. The fourth-order valence-electron chi connectivity index (χ4n) is 4.78. The van der Waals surface area contributed by atoms with Crippen molar-refractivity contribution in [2.75, 3.05) is 11.9 Å². The van der Waals surface area contributed by atoms with Crippen LogP contribution in [0, 0.1) is 17.2 Å². The molecule has 236 valence electrons. The number of halogens is 4. The van der Waals surface area contributed by atoms with E-state index in [-0.39, 0.29) is 51.8 Å². The van der Waals surface area contributed by atoms with Crippen molar-refractivity contribution < 1.29 is 27.5 Å². The van der Waals surface area contributed by atoms with Crippen LogP contribution in [0.25, 0.3) is 11.2 Å². The van der Waals surface area contributed by atoms with Crippen molar-refractivity contribution in [1.82, 2.24) is 20.3 Å². The number of fused-ring (bicyclic) bond motifs is 1. The number of ether oxygens (including phenoxy) is 1. The number of pyridine rings is 1. The van der Waals surface area contributed by atoms with E-state index in [1.54, 1.807) is 20.8 Å². The topological polar surface area (TPSA) is 109 Å². The third kappa shape index (κ3) is 9.84. The summed E-state index contributed by atoms with van der Waals surface area (Å²) in [4.78, 5) is 35.0. The van der Waals surface area contributed by atoms with Crippen molar-refractivity contribution in [2.45, 2.75) is 92.5 Å². The molecule has 0 aliphatic heterocycles. The number of aromatic amines is 1. The Bertz CT molecular complexity index is 1400. The highest BCUT2D eigenvalue weighted by atomic mass is 35.5. The molecule has 2 aromatic heterocycles. The summed E-state index contributed by atoms with van der Waals surface area (Å²) in [6, 6.07) is 4.29. The smallest absolute Gasteiger partial charge is 0.272 e. The van der Waals surface area contributed by atoms with Crippen LogP contribution in [-0.4, -0.2) is 39.7 Å². The largest absolute Gasteiger partial charge is 0.471 e. The fourth-order valence-corrected chi connectivity index (χ4v) is 4.97. The highest BCUT2D eigenvalue weighted by molar-refractivity contribution is 6.33. The highest BCUT2D eigenvalue weighted by Gasteiger charge is 2.22. The minimum Gasteiger partial charge on any atom is -0.471 e. The van der Waals surface area contributed by atoms with Gasteiger partial charge in [0.05, 0.1) is 21.8 Å². The molecule has 0 radical (unpaired) electrons. The molecule has 8 nitrogen and oxygen atoms in total. The van der Waals surface area contributed by atoms with Gasteiger partial charge in [-0.3, -0.25) is 9.59 Å². The summed E-state index contributed by atoms with van der Waals surface area (Å²) >= 11 is 6.17. The number of nitrogens with zero attached hydrogens (tertiary/aromatic N) is 2. The Morgan fingerprint density at radius 3 is 2.47 bits per heavy atom. The quantitative estimate of drug-likeness (QED) is 0.196. The molecule has 2 heterocycles. The van der Waals surface area contributed by atoms with Crippen molar-refractivity contribution in [3.63, 3.8) is 0 Å². The van der Waals surface area contributed by atoms with Gasteiger partial charge in [0.25, 0.3) is 6.43 Å². The van der Waals surface area contributed by atoms with E-state index in [0.29, 0.717) is 5.52 Å². The Balaban J connectivity index is 0.000000480. The SMILES string of the molecule is CC(=O)c1cc2[nH]c(Nc3c(Cl)ccc(CNC(=O)C(C)(C)C)c3F)nc2nc1OCC(F)F.CCCC1CCCCC1. The van der Waals surface area contributed by atoms with Crippen LogP contribution in [0.1, 0.15) is 95.5 Å². The third-order valence-electron chi connectivity index (χ3n) is 7.12. The molecule has 1 aliphatic carbocycles. The zero-order valence-corrected chi connectivity index (χ0v) is 26.1. The van der Waals surface area contributed by atoms with Crippen molar-refractivity contribution in [3.05, 3.63) is 40.2 Å². The van der Waals surface area contributed by atoms with E-state index in [2.05, 4.69) is 32.5 Å². The van der Waals surface area contributed by atoms with Gasteiger partial charge in [-0.25, -0.2) is 13.2 Å². The van der Waals surface area contributed by atoms with Crippen LogP contribution < -0.4 is 15.4 Å². The summed E-state index contributed by atoms with van der Waals surface area (Å²) in [5.41, 5.74) is -0.195. The number of H-pyrrole nitrogens is 1. The molecule has 0 saturated heterocycles. The molecule has 1 aromatic carbocycles. The Morgan fingerprint density at radius 1 is 1.16 bits per heavy atom. The van der Waals surface area contributed by atoms with Gasteiger partial charge < -0.3 is 20.4 Å². The predicted molar refractivity (Wildman–Crippen MR) is 163 cm³/mol. The van der Waals surface area contributed by atoms with E-state index in [4.69, 9.17) is 16.3 Å². The number of anilines is 2. The molecule has 0 bridgehead atoms. The van der Waals surface area contributed by atoms with Gasteiger partial charge in [0.1, 0.15) is 0 Å². The second kappa shape index (κ2) is 15.4. The normalized spacial score (nSPS) is 13.9. The van der Waals surface area contributed by atoms with Crippen LogP contribution in [0.2, 0.25) is 5.02 Å². The number of hydrogen-bond acceptors (Lipinski definition) is 6. The molecular weight excluding hydrogens is 583 g/mol. The number of ketones is 1. The molecule has 0 atom stereocenters. The van der Waals surface area contributed by atoms with Gasteiger partial charge in [0.2, 0.25) is 17.7 Å². The number of hydrogen-bond donors (Lipinski definition) is 3. The molecule has 1 amide bonds. The molecule has 1 saturated carbocycles. The molecule has 12 heteroatoms. The van der Waals surface area contributed by atoms with Crippen LogP contribution in [0.15, 0.2) is 18.2 Å². The van der Waals surface area contributed by atoms with Gasteiger partial charge in [-0.05, 0) is 25.0 Å². The van der Waals surface area contributed by atoms with E-state index in [1.165, 1.54) is 70.1 Å². The number of amides is 1. The number of alkyl halides is 2. The summed E-state index contributed by atoms with van der Waals surface area (Å²) in [5, 5.41) is 5.46. The third-order valence-corrected chi connectivity index (χ3v) is 7.44. The molecule has 3 aromatic rings. The summed E-state index contributed by atoms with van der Waals surface area (Å²) < 4.78 is 45.2. The zero-order chi connectivity index (χ0) is 31.7. The van der Waals surface area contributed by atoms with E-state index in [9.17, 15) is 18.4 Å². The van der Waals surface area contributed by atoms with Gasteiger partial charge in [0, 0.05) is 17.5 Å². The maximum Gasteiger partial charge on any atom is 0.272 e. The van der Waals surface area contributed by atoms with Crippen LogP contribution in [0.5, 0.6) is 5.88 Å². The van der Waals surface area contributed by atoms with Gasteiger partial charge >= 0.3 is 0 Å². The first-order valence-corrected chi connectivity index (χ1v) is 15.0. The number of imidazole rings is 1. The van der Waals surface area contributed by atoms with Gasteiger partial charge in [-0.15, -0.1) is 0 Å². The second-order valence-electron chi connectivity index (χ2n) is 11.8. The van der Waals surface area contributed by atoms with Crippen molar-refractivity contribution in [1.29, 1.82) is 0 Å². The lowest BCUT2D eigenvalue weighted by molar-refractivity contribution is -0.128. The fraction of sp³-hybridized carbons (Fsp3) is 0.548. The molecular formula is C31H41ClF3N5O3. The maximum atomic E-state index is 15.1. The molecule has 3 N–H and O–H groups in total. The van der Waals surface area contributed by atoms with Crippen LogP contribution in [0.4, 0.5) is 24.8 Å². The first-order chi connectivity index (χ1) is 20.3. The van der Waals surface area contributed by atoms with Crippen LogP contribution in [0.3, 0.4) is 0 Å². The molecule has 0 unspecified atom stereocenters. The monoisotopic (exact) mass is 623 g/mol. The Kier molecular flexibility index (Phi) is 12.2. The van der Waals surface area contributed by atoms with E-state index in [1.807, 2.05) is 0 Å². The number of carbonyl (C=O) groups excluding carboxylic acids is 2. The standard InChI is InChI=1S/C22H23ClF3N5O3.C9H18/c1-10(32)12-7-14-18(30-19(12)34-9-15(24)25)31-21(28-14)29-17-13(23)6-5-11(16(17)26)8-27-20(33)22(2,3)4;1-2-6-9-7-4-3-5-8-9/h5-7,15H,8-9H2,1-4H3,(H,27,33)(H2,28,29,30,31);9H,2-8H2,1H3. The molecule has 1 aliphatic rings. The first kappa shape index (κ1) is 34.2. The number of aromatic nitrogens is 3. The van der Waals surface area contributed by atoms with E-state index < -0.39 is 30.0 Å². The second-order valence-corrected chi connectivity index (χ2v) is 12.2. The first-order valence-electron chi connectivity index (χ1n) is 14.6. The summed E-state index contributed by atoms with van der Waals surface area (Å²) in [6.07, 6.45) is 7.68. The summed E-state index contributed by atoms with van der Waals surface area (Å²) in [5.74, 6) is -0.518. The van der Waals surface area contributed by atoms with Crippen molar-refractivity contribution in [3.8, 4) is 5.88 Å². The van der Waals surface area contributed by atoms with E-state index >= 15 is 4.39 Å². The van der Waals surface area contributed by atoms with Gasteiger partial charge in [-0.1, -0.05) is 90.3 Å². The molecule has 43 heavy (non-hydrogen) atoms. The van der Waals surface area contributed by atoms with Crippen molar-refractivity contribution >= 4 is 46.1 Å². The number of benzene rings is 1. The molecule has 0 spiro atoms. The van der Waals surface area contributed by atoms with Gasteiger partial charge in [-0.2, -0.15) is 9.97 Å². The number of carbonyl (C=O) groups is 2. The Morgan fingerprint density at radius 2 is 1.86 bits per heavy atom. The average Bonchev–Trinajstić information content (AvgIpc) is 3.35. The molecule has 1 fully saturated rings. The lowest BCUT2D eigenvalue weighted by Crippen LogP contribution is -2.34. The lowest BCUT2D eigenvalue weighted by Gasteiger charge is -2.20. The average molecular weight is 624 g/mol. The Hall–Kier alpha value is -3.34. The summed E-state index contributed by atoms with van der Waals surface area (Å²) in [6.45, 7) is 7.77. The van der Waals surface area contributed by atoms with Crippen LogP contribution in [-0.2, 0) is 11.3 Å². The Labute approximate surface area is 255 Å². The van der Waals surface area contributed by atoms with Crippen LogP contribution >= 0.6 is 11.6 Å².